The average Bonchev–Trinajstić information content (AvgIpc) is 3.29. The van der Waals surface area contributed by atoms with Gasteiger partial charge in [0.05, 0.1) is 29.1 Å². The number of nitrogens with one attached hydrogen (secondary N) is 1. The number of hydrogen-bond donors (Lipinski definition) is 1. The van der Waals surface area contributed by atoms with Crippen LogP contribution < -0.4 is 5.32 Å². The molecule has 29 heavy (non-hydrogen) atoms. The number of alkyl halides is 3. The minimum atomic E-state index is -4.53. The number of carbonyl (C=O) groups excluding carboxylic acids is 1. The lowest BCUT2D eigenvalue weighted by Gasteiger charge is -2.12. The molecular formula is C20H14F3N5O. The number of aromatic nitrogens is 3. The van der Waals surface area contributed by atoms with Crippen molar-refractivity contribution in [3.63, 3.8) is 0 Å². The molecule has 3 aromatic rings. The third-order valence-electron chi connectivity index (χ3n) is 4.70. The van der Waals surface area contributed by atoms with Gasteiger partial charge in [0, 0.05) is 23.9 Å². The molecule has 0 saturated carbocycles. The van der Waals surface area contributed by atoms with Crippen molar-refractivity contribution in [2.24, 2.45) is 0 Å². The van der Waals surface area contributed by atoms with Gasteiger partial charge >= 0.3 is 6.18 Å². The molecule has 0 spiro atoms. The van der Waals surface area contributed by atoms with Crippen molar-refractivity contribution in [3.8, 4) is 17.3 Å². The maximum Gasteiger partial charge on any atom is 0.433 e. The number of fused-ring (bicyclic) bond motifs is 1. The van der Waals surface area contributed by atoms with E-state index in [0.717, 1.165) is 18.0 Å². The normalized spacial score (nSPS) is 15.6. The van der Waals surface area contributed by atoms with Crippen molar-refractivity contribution >= 4 is 5.91 Å². The van der Waals surface area contributed by atoms with Crippen LogP contribution in [0.15, 0.2) is 48.7 Å². The number of halogens is 3. The van der Waals surface area contributed by atoms with Gasteiger partial charge in [0.2, 0.25) is 0 Å². The third kappa shape index (κ3) is 3.69. The molecule has 9 heteroatoms. The third-order valence-corrected chi connectivity index (χ3v) is 4.70. The fourth-order valence-corrected chi connectivity index (χ4v) is 3.29. The Balaban J connectivity index is 1.57. The Bertz CT molecular complexity index is 1130. The standard InChI is InChI=1S/C20H14F3N5O/c21-20(22,23)18-9-13(4-6-25-18)16-10-17-15(5-7-28(17)27-16)26-19(29)14-3-1-2-12(8-14)11-24/h1-4,6,8-10,15H,5,7H2,(H,26,29)/t15-/m1/s1. The summed E-state index contributed by atoms with van der Waals surface area (Å²) in [4.78, 5) is 15.9. The summed E-state index contributed by atoms with van der Waals surface area (Å²) in [6.07, 6.45) is -2.81. The van der Waals surface area contributed by atoms with Gasteiger partial charge in [-0.1, -0.05) is 6.07 Å². The van der Waals surface area contributed by atoms with Gasteiger partial charge in [-0.2, -0.15) is 23.5 Å². The van der Waals surface area contributed by atoms with Crippen LogP contribution in [0.5, 0.6) is 0 Å². The van der Waals surface area contributed by atoms with Crippen molar-refractivity contribution in [1.29, 1.82) is 5.26 Å². The Morgan fingerprint density at radius 2 is 2.07 bits per heavy atom. The topological polar surface area (TPSA) is 83.6 Å². The molecule has 0 radical (unpaired) electrons. The molecule has 146 valence electrons. The molecule has 0 aliphatic carbocycles. The summed E-state index contributed by atoms with van der Waals surface area (Å²) in [7, 11) is 0. The van der Waals surface area contributed by atoms with Crippen molar-refractivity contribution in [3.05, 3.63) is 71.2 Å². The van der Waals surface area contributed by atoms with Crippen molar-refractivity contribution in [2.75, 3.05) is 0 Å². The zero-order chi connectivity index (χ0) is 20.6. The number of amides is 1. The summed E-state index contributed by atoms with van der Waals surface area (Å²) in [6, 6.07) is 12.1. The highest BCUT2D eigenvalue weighted by atomic mass is 19.4. The zero-order valence-electron chi connectivity index (χ0n) is 14.9. The van der Waals surface area contributed by atoms with E-state index in [1.807, 2.05) is 6.07 Å². The van der Waals surface area contributed by atoms with E-state index in [1.54, 1.807) is 28.9 Å². The zero-order valence-corrected chi connectivity index (χ0v) is 14.9. The molecule has 1 aliphatic heterocycles. The van der Waals surface area contributed by atoms with E-state index >= 15 is 0 Å². The number of pyridine rings is 1. The molecule has 0 unspecified atom stereocenters. The number of carbonyl (C=O) groups is 1. The first-order valence-corrected chi connectivity index (χ1v) is 8.77. The van der Waals surface area contributed by atoms with Crippen LogP contribution >= 0.6 is 0 Å². The summed E-state index contributed by atoms with van der Waals surface area (Å²) in [5.41, 5.74) is 1.18. The lowest BCUT2D eigenvalue weighted by atomic mass is 10.1. The lowest BCUT2D eigenvalue weighted by Crippen LogP contribution is -2.27. The van der Waals surface area contributed by atoms with Gasteiger partial charge < -0.3 is 5.32 Å². The highest BCUT2D eigenvalue weighted by molar-refractivity contribution is 5.94. The van der Waals surface area contributed by atoms with Gasteiger partial charge in [-0.25, -0.2) is 0 Å². The van der Waals surface area contributed by atoms with Gasteiger partial charge in [0.1, 0.15) is 5.69 Å². The summed E-state index contributed by atoms with van der Waals surface area (Å²) >= 11 is 0. The molecule has 0 saturated heterocycles. The molecule has 6 nitrogen and oxygen atoms in total. The molecule has 1 aromatic carbocycles. The number of nitriles is 1. The first-order valence-electron chi connectivity index (χ1n) is 8.77. The predicted molar refractivity (Wildman–Crippen MR) is 96.4 cm³/mol. The number of benzene rings is 1. The maximum absolute atomic E-state index is 12.9. The summed E-state index contributed by atoms with van der Waals surface area (Å²) in [5.74, 6) is -0.327. The summed E-state index contributed by atoms with van der Waals surface area (Å²) in [5, 5.41) is 16.2. The number of nitrogens with zero attached hydrogens (tertiary/aromatic N) is 4. The van der Waals surface area contributed by atoms with Gasteiger partial charge in [-0.3, -0.25) is 14.5 Å². The minimum absolute atomic E-state index is 0.307. The maximum atomic E-state index is 12.9. The van der Waals surface area contributed by atoms with Crippen LogP contribution in [0, 0.1) is 11.3 Å². The van der Waals surface area contributed by atoms with Crippen LogP contribution in [0.25, 0.3) is 11.3 Å². The Morgan fingerprint density at radius 1 is 1.24 bits per heavy atom. The Kier molecular flexibility index (Phi) is 4.54. The minimum Gasteiger partial charge on any atom is -0.344 e. The van der Waals surface area contributed by atoms with E-state index in [-0.39, 0.29) is 11.9 Å². The van der Waals surface area contributed by atoms with Crippen molar-refractivity contribution in [2.45, 2.75) is 25.2 Å². The van der Waals surface area contributed by atoms with E-state index in [9.17, 15) is 18.0 Å². The Labute approximate surface area is 163 Å². The van der Waals surface area contributed by atoms with E-state index < -0.39 is 11.9 Å². The average molecular weight is 397 g/mol. The number of aryl methyl sites for hydroxylation is 1. The van der Waals surface area contributed by atoms with Crippen LogP contribution in [-0.4, -0.2) is 20.7 Å². The van der Waals surface area contributed by atoms with Gasteiger partial charge in [-0.05, 0) is 42.8 Å². The summed E-state index contributed by atoms with van der Waals surface area (Å²) < 4.78 is 40.4. The van der Waals surface area contributed by atoms with Crippen LogP contribution in [0.2, 0.25) is 0 Å². The van der Waals surface area contributed by atoms with E-state index in [4.69, 9.17) is 5.26 Å². The smallest absolute Gasteiger partial charge is 0.344 e. The number of hydrogen-bond acceptors (Lipinski definition) is 4. The predicted octanol–water partition coefficient (Wildman–Crippen LogP) is 3.71. The largest absolute Gasteiger partial charge is 0.433 e. The highest BCUT2D eigenvalue weighted by Gasteiger charge is 2.33. The van der Waals surface area contributed by atoms with Gasteiger partial charge in [0.15, 0.2) is 0 Å². The first kappa shape index (κ1) is 18.7. The molecule has 2 aromatic heterocycles. The van der Waals surface area contributed by atoms with E-state index in [2.05, 4.69) is 15.4 Å². The van der Waals surface area contributed by atoms with Crippen LogP contribution in [0.1, 0.15) is 39.8 Å². The Morgan fingerprint density at radius 3 is 2.83 bits per heavy atom. The lowest BCUT2D eigenvalue weighted by molar-refractivity contribution is -0.141. The Hall–Kier alpha value is -3.67. The molecule has 1 atom stereocenters. The van der Waals surface area contributed by atoms with Gasteiger partial charge in [-0.15, -0.1) is 0 Å². The van der Waals surface area contributed by atoms with Crippen molar-refractivity contribution < 1.29 is 18.0 Å². The molecule has 1 amide bonds. The molecule has 1 N–H and O–H groups in total. The second-order valence-electron chi connectivity index (χ2n) is 6.61. The quantitative estimate of drug-likeness (QED) is 0.730. The highest BCUT2D eigenvalue weighted by Crippen LogP contribution is 2.33. The van der Waals surface area contributed by atoms with E-state index in [0.29, 0.717) is 35.3 Å². The molecule has 3 heterocycles. The molecule has 0 bridgehead atoms. The fourth-order valence-electron chi connectivity index (χ4n) is 3.29. The second-order valence-corrected chi connectivity index (χ2v) is 6.61. The van der Waals surface area contributed by atoms with E-state index in [1.165, 1.54) is 12.1 Å². The number of rotatable bonds is 3. The first-order chi connectivity index (χ1) is 13.8. The SMILES string of the molecule is N#Cc1cccc(C(=O)N[C@@H]2CCn3nc(-c4ccnc(C(F)(F)F)c4)cc32)c1. The van der Waals surface area contributed by atoms with Crippen LogP contribution in [0.3, 0.4) is 0 Å². The summed E-state index contributed by atoms with van der Waals surface area (Å²) in [6.45, 7) is 0.537. The van der Waals surface area contributed by atoms with Crippen molar-refractivity contribution in [1.82, 2.24) is 20.1 Å². The monoisotopic (exact) mass is 397 g/mol. The van der Waals surface area contributed by atoms with Crippen LogP contribution in [-0.2, 0) is 12.7 Å². The fraction of sp³-hybridized carbons (Fsp3) is 0.200. The molecule has 0 fully saturated rings. The molecule has 1 aliphatic rings. The van der Waals surface area contributed by atoms with Gasteiger partial charge in [0.25, 0.3) is 5.91 Å². The second kappa shape index (κ2) is 7.05. The molecular weight excluding hydrogens is 383 g/mol. The van der Waals surface area contributed by atoms with Crippen LogP contribution in [0.4, 0.5) is 13.2 Å². The molecule has 4 rings (SSSR count).